The van der Waals surface area contributed by atoms with Gasteiger partial charge < -0.3 is 9.84 Å². The van der Waals surface area contributed by atoms with E-state index in [4.69, 9.17) is 9.84 Å². The molecule has 0 bridgehead atoms. The zero-order chi connectivity index (χ0) is 9.84. The molecule has 0 spiro atoms. The Labute approximate surface area is 81.5 Å². The number of hydrogen-bond donors (Lipinski definition) is 1. The van der Waals surface area contributed by atoms with Crippen molar-refractivity contribution in [3.05, 3.63) is 22.6 Å². The number of carboxylic acids is 1. The molecular formula is C7H5BrFNO3. The number of pyridine rings is 1. The van der Waals surface area contributed by atoms with E-state index in [1.165, 1.54) is 6.07 Å². The monoisotopic (exact) mass is 249 g/mol. The van der Waals surface area contributed by atoms with Crippen LogP contribution < -0.4 is 4.74 Å². The summed E-state index contributed by atoms with van der Waals surface area (Å²) in [5, 5.41) is 8.26. The first kappa shape index (κ1) is 9.91. The molecule has 4 nitrogen and oxygen atoms in total. The van der Waals surface area contributed by atoms with Crippen LogP contribution in [0, 0.1) is 5.82 Å². The Morgan fingerprint density at radius 1 is 1.69 bits per heavy atom. The van der Waals surface area contributed by atoms with Crippen LogP contribution >= 0.6 is 15.9 Å². The normalized spacial score (nSPS) is 9.69. The molecule has 1 aromatic rings. The third-order valence-electron chi connectivity index (χ3n) is 1.12. The lowest BCUT2D eigenvalue weighted by atomic mass is 10.5. The lowest BCUT2D eigenvalue weighted by Crippen LogP contribution is -2.10. The first-order valence-electron chi connectivity index (χ1n) is 3.26. The number of carboxylic acid groups (broad SMARTS) is 1. The Bertz CT molecular complexity index is 332. The van der Waals surface area contributed by atoms with Crippen LogP contribution in [0.15, 0.2) is 16.7 Å². The molecular weight excluding hydrogens is 245 g/mol. The van der Waals surface area contributed by atoms with Crippen molar-refractivity contribution in [1.82, 2.24) is 4.98 Å². The second kappa shape index (κ2) is 4.18. The minimum absolute atomic E-state index is 0.00427. The number of nitrogens with zero attached hydrogens (tertiary/aromatic N) is 1. The highest BCUT2D eigenvalue weighted by atomic mass is 79.9. The van der Waals surface area contributed by atoms with Gasteiger partial charge in [-0.1, -0.05) is 0 Å². The molecule has 0 radical (unpaired) electrons. The van der Waals surface area contributed by atoms with E-state index in [1.807, 2.05) is 0 Å². The second-order valence-corrected chi connectivity index (χ2v) is 2.86. The zero-order valence-electron chi connectivity index (χ0n) is 6.33. The molecule has 0 atom stereocenters. The van der Waals surface area contributed by atoms with E-state index in [0.717, 1.165) is 6.07 Å². The Balaban J connectivity index is 2.68. The maximum Gasteiger partial charge on any atom is 0.341 e. The van der Waals surface area contributed by atoms with Gasteiger partial charge >= 0.3 is 5.97 Å². The van der Waals surface area contributed by atoms with Gasteiger partial charge in [-0.15, -0.1) is 0 Å². The Morgan fingerprint density at radius 2 is 2.38 bits per heavy atom. The largest absolute Gasteiger partial charge is 0.479 e. The van der Waals surface area contributed by atoms with Crippen LogP contribution in [0.4, 0.5) is 4.39 Å². The summed E-state index contributed by atoms with van der Waals surface area (Å²) in [5.74, 6) is -1.57. The molecule has 0 fully saturated rings. The summed E-state index contributed by atoms with van der Waals surface area (Å²) in [7, 11) is 0. The molecule has 1 aromatic heterocycles. The maximum absolute atomic E-state index is 12.6. The molecule has 0 aliphatic rings. The van der Waals surface area contributed by atoms with Crippen LogP contribution in [0.1, 0.15) is 0 Å². The third kappa shape index (κ3) is 2.98. The molecule has 0 aromatic carbocycles. The van der Waals surface area contributed by atoms with Crippen LogP contribution in [-0.4, -0.2) is 22.7 Å². The van der Waals surface area contributed by atoms with Crippen molar-refractivity contribution in [2.75, 3.05) is 6.61 Å². The van der Waals surface area contributed by atoms with E-state index in [-0.39, 0.29) is 10.5 Å². The Hall–Kier alpha value is -1.17. The summed E-state index contributed by atoms with van der Waals surface area (Å²) in [4.78, 5) is 13.7. The molecule has 0 aliphatic carbocycles. The quantitative estimate of drug-likeness (QED) is 0.824. The van der Waals surface area contributed by atoms with Crippen molar-refractivity contribution in [2.45, 2.75) is 0 Å². The second-order valence-electron chi connectivity index (χ2n) is 2.10. The van der Waals surface area contributed by atoms with Crippen molar-refractivity contribution in [2.24, 2.45) is 0 Å². The molecule has 1 heterocycles. The van der Waals surface area contributed by atoms with Crippen molar-refractivity contribution in [3.63, 3.8) is 0 Å². The van der Waals surface area contributed by atoms with Crippen molar-refractivity contribution in [1.29, 1.82) is 0 Å². The van der Waals surface area contributed by atoms with Crippen LogP contribution in [0.5, 0.6) is 5.88 Å². The first-order chi connectivity index (χ1) is 6.09. The minimum Gasteiger partial charge on any atom is -0.479 e. The highest BCUT2D eigenvalue weighted by molar-refractivity contribution is 9.10. The van der Waals surface area contributed by atoms with Crippen molar-refractivity contribution >= 4 is 21.9 Å². The Kier molecular flexibility index (Phi) is 3.18. The molecule has 0 unspecified atom stereocenters. The van der Waals surface area contributed by atoms with Gasteiger partial charge in [0.1, 0.15) is 4.60 Å². The maximum atomic E-state index is 12.6. The summed E-state index contributed by atoms with van der Waals surface area (Å²) in [6, 6.07) is 2.39. The lowest BCUT2D eigenvalue weighted by molar-refractivity contribution is -0.139. The molecule has 0 amide bonds. The zero-order valence-corrected chi connectivity index (χ0v) is 7.91. The summed E-state index contributed by atoms with van der Waals surface area (Å²) in [5.41, 5.74) is 0. The van der Waals surface area contributed by atoms with Gasteiger partial charge in [0.2, 0.25) is 5.88 Å². The van der Waals surface area contributed by atoms with Gasteiger partial charge in [-0.3, -0.25) is 0 Å². The van der Waals surface area contributed by atoms with Crippen molar-refractivity contribution in [3.8, 4) is 5.88 Å². The lowest BCUT2D eigenvalue weighted by Gasteiger charge is -2.01. The van der Waals surface area contributed by atoms with E-state index >= 15 is 0 Å². The van der Waals surface area contributed by atoms with Crippen LogP contribution in [0.2, 0.25) is 0 Å². The number of hydrogen-bond acceptors (Lipinski definition) is 3. The number of carbonyl (C=O) groups is 1. The van der Waals surface area contributed by atoms with Gasteiger partial charge in [0.05, 0.1) is 0 Å². The molecule has 13 heavy (non-hydrogen) atoms. The smallest absolute Gasteiger partial charge is 0.341 e. The van der Waals surface area contributed by atoms with E-state index in [2.05, 4.69) is 20.9 Å². The van der Waals surface area contributed by atoms with Gasteiger partial charge in [0.25, 0.3) is 0 Å². The summed E-state index contributed by atoms with van der Waals surface area (Å²) < 4.78 is 17.3. The fourth-order valence-corrected chi connectivity index (χ4v) is 0.924. The SMILES string of the molecule is O=C(O)COc1ccc(F)c(Br)n1. The van der Waals surface area contributed by atoms with Crippen LogP contribution in [-0.2, 0) is 4.79 Å². The van der Waals surface area contributed by atoms with Crippen LogP contribution in [0.3, 0.4) is 0 Å². The van der Waals surface area contributed by atoms with E-state index in [9.17, 15) is 9.18 Å². The highest BCUT2D eigenvalue weighted by Crippen LogP contribution is 2.16. The predicted molar refractivity (Wildman–Crippen MR) is 45.0 cm³/mol. The molecule has 0 saturated heterocycles. The average molecular weight is 250 g/mol. The molecule has 1 rings (SSSR count). The number of aliphatic carboxylic acids is 1. The first-order valence-corrected chi connectivity index (χ1v) is 4.05. The molecule has 70 valence electrons. The average Bonchev–Trinajstić information content (AvgIpc) is 2.07. The summed E-state index contributed by atoms with van der Waals surface area (Å²) in [6.45, 7) is -0.495. The van der Waals surface area contributed by atoms with Gasteiger partial charge in [-0.2, -0.15) is 0 Å². The molecule has 1 N–H and O–H groups in total. The number of halogens is 2. The Morgan fingerprint density at radius 3 is 2.92 bits per heavy atom. The summed E-state index contributed by atoms with van der Waals surface area (Å²) in [6.07, 6.45) is 0. The number of rotatable bonds is 3. The fraction of sp³-hybridized carbons (Fsp3) is 0.143. The molecule has 0 saturated carbocycles. The number of ether oxygens (including phenoxy) is 1. The predicted octanol–water partition coefficient (Wildman–Crippen LogP) is 1.45. The highest BCUT2D eigenvalue weighted by Gasteiger charge is 2.04. The van der Waals surface area contributed by atoms with Crippen molar-refractivity contribution < 1.29 is 19.0 Å². The van der Waals surface area contributed by atoms with Gasteiger partial charge in [0, 0.05) is 6.07 Å². The minimum atomic E-state index is -1.11. The fourth-order valence-electron chi connectivity index (χ4n) is 0.617. The topological polar surface area (TPSA) is 59.4 Å². The van der Waals surface area contributed by atoms with Gasteiger partial charge in [0.15, 0.2) is 12.4 Å². The molecule has 6 heteroatoms. The number of aromatic nitrogens is 1. The standard InChI is InChI=1S/C7H5BrFNO3/c8-7-4(9)1-2-5(10-7)13-3-6(11)12/h1-2H,3H2,(H,11,12). The molecule has 0 aliphatic heterocycles. The summed E-state index contributed by atoms with van der Waals surface area (Å²) >= 11 is 2.84. The van der Waals surface area contributed by atoms with E-state index in [0.29, 0.717) is 0 Å². The van der Waals surface area contributed by atoms with E-state index in [1.54, 1.807) is 0 Å². The van der Waals surface area contributed by atoms with Gasteiger partial charge in [-0.05, 0) is 22.0 Å². The van der Waals surface area contributed by atoms with Gasteiger partial charge in [-0.25, -0.2) is 14.2 Å². The third-order valence-corrected chi connectivity index (χ3v) is 1.68. The van der Waals surface area contributed by atoms with Crippen LogP contribution in [0.25, 0.3) is 0 Å². The van der Waals surface area contributed by atoms with E-state index < -0.39 is 18.4 Å².